The predicted octanol–water partition coefficient (Wildman–Crippen LogP) is 0.983. The molecule has 0 saturated carbocycles. The number of hydrogen-bond acceptors (Lipinski definition) is 4. The van der Waals surface area contributed by atoms with E-state index in [-0.39, 0.29) is 5.91 Å². The summed E-state index contributed by atoms with van der Waals surface area (Å²) >= 11 is 0. The van der Waals surface area contributed by atoms with Crippen molar-refractivity contribution in [2.24, 2.45) is 7.05 Å². The van der Waals surface area contributed by atoms with Gasteiger partial charge in [0.1, 0.15) is 5.75 Å². The molecule has 0 aliphatic heterocycles. The van der Waals surface area contributed by atoms with Crippen molar-refractivity contribution < 1.29 is 9.53 Å². The molecule has 0 spiro atoms. The standard InChI is InChI=1S/C14H18N4O2/c1-18-9-10(8-17-18)5-6-16-14(19)12-7-11(20-2)3-4-13(12)15/h3-4,7-9H,5-6,15H2,1-2H3,(H,16,19). The highest BCUT2D eigenvalue weighted by molar-refractivity contribution is 5.99. The van der Waals surface area contributed by atoms with Crippen molar-refractivity contribution in [1.29, 1.82) is 0 Å². The minimum atomic E-state index is -0.203. The van der Waals surface area contributed by atoms with Gasteiger partial charge >= 0.3 is 0 Å². The molecule has 6 heteroatoms. The van der Waals surface area contributed by atoms with Gasteiger partial charge in [0.15, 0.2) is 0 Å². The molecule has 6 nitrogen and oxygen atoms in total. The molecule has 2 rings (SSSR count). The number of aromatic nitrogens is 2. The average molecular weight is 274 g/mol. The fraction of sp³-hybridized carbons (Fsp3) is 0.286. The van der Waals surface area contributed by atoms with Crippen LogP contribution in [0.1, 0.15) is 15.9 Å². The van der Waals surface area contributed by atoms with Crippen LogP contribution in [0.15, 0.2) is 30.6 Å². The summed E-state index contributed by atoms with van der Waals surface area (Å²) in [6.45, 7) is 0.529. The summed E-state index contributed by atoms with van der Waals surface area (Å²) < 4.78 is 6.82. The summed E-state index contributed by atoms with van der Waals surface area (Å²) in [5, 5.41) is 6.91. The van der Waals surface area contributed by atoms with Gasteiger partial charge in [-0.05, 0) is 30.2 Å². The Kier molecular flexibility index (Phi) is 4.24. The SMILES string of the molecule is COc1ccc(N)c(C(=O)NCCc2cnn(C)c2)c1. The van der Waals surface area contributed by atoms with E-state index < -0.39 is 0 Å². The van der Waals surface area contributed by atoms with Crippen LogP contribution < -0.4 is 15.8 Å². The summed E-state index contributed by atoms with van der Waals surface area (Å²) in [5.74, 6) is 0.405. The Morgan fingerprint density at radius 3 is 2.95 bits per heavy atom. The molecule has 20 heavy (non-hydrogen) atoms. The average Bonchev–Trinajstić information content (AvgIpc) is 2.85. The summed E-state index contributed by atoms with van der Waals surface area (Å²) in [5.41, 5.74) is 7.74. The number of carbonyl (C=O) groups excluding carboxylic acids is 1. The number of methoxy groups -OCH3 is 1. The van der Waals surface area contributed by atoms with Gasteiger partial charge in [-0.25, -0.2) is 0 Å². The molecule has 0 aliphatic rings. The Balaban J connectivity index is 1.94. The van der Waals surface area contributed by atoms with Crippen LogP contribution in [0.4, 0.5) is 5.69 Å². The molecule has 0 fully saturated rings. The number of benzene rings is 1. The number of aryl methyl sites for hydroxylation is 1. The lowest BCUT2D eigenvalue weighted by molar-refractivity contribution is 0.0954. The normalized spacial score (nSPS) is 10.3. The molecule has 3 N–H and O–H groups in total. The van der Waals surface area contributed by atoms with Crippen LogP contribution in [0.2, 0.25) is 0 Å². The molecule has 1 aromatic carbocycles. The highest BCUT2D eigenvalue weighted by Crippen LogP contribution is 2.19. The first-order chi connectivity index (χ1) is 9.60. The van der Waals surface area contributed by atoms with E-state index in [4.69, 9.17) is 10.5 Å². The molecule has 1 amide bonds. The van der Waals surface area contributed by atoms with Crippen LogP contribution >= 0.6 is 0 Å². The van der Waals surface area contributed by atoms with Gasteiger partial charge in [0.2, 0.25) is 0 Å². The third kappa shape index (κ3) is 3.28. The van der Waals surface area contributed by atoms with Crippen molar-refractivity contribution in [3.05, 3.63) is 41.7 Å². The molecular formula is C14H18N4O2. The summed E-state index contributed by atoms with van der Waals surface area (Å²) in [6.07, 6.45) is 4.43. The van der Waals surface area contributed by atoms with Crippen LogP contribution in [-0.2, 0) is 13.5 Å². The second kappa shape index (κ2) is 6.10. The predicted molar refractivity (Wildman–Crippen MR) is 76.7 cm³/mol. The van der Waals surface area contributed by atoms with E-state index >= 15 is 0 Å². The fourth-order valence-corrected chi connectivity index (χ4v) is 1.88. The highest BCUT2D eigenvalue weighted by Gasteiger charge is 2.10. The maximum Gasteiger partial charge on any atom is 0.253 e. The van der Waals surface area contributed by atoms with Crippen molar-refractivity contribution in [1.82, 2.24) is 15.1 Å². The number of amides is 1. The first-order valence-corrected chi connectivity index (χ1v) is 6.29. The smallest absolute Gasteiger partial charge is 0.253 e. The van der Waals surface area contributed by atoms with Crippen LogP contribution in [-0.4, -0.2) is 29.3 Å². The lowest BCUT2D eigenvalue weighted by Crippen LogP contribution is -2.26. The second-order valence-electron chi connectivity index (χ2n) is 4.48. The third-order valence-corrected chi connectivity index (χ3v) is 2.96. The number of carbonyl (C=O) groups is 1. The number of nitrogens with zero attached hydrogens (tertiary/aromatic N) is 2. The van der Waals surface area contributed by atoms with E-state index in [1.165, 1.54) is 0 Å². The van der Waals surface area contributed by atoms with Crippen LogP contribution in [0.25, 0.3) is 0 Å². The fourth-order valence-electron chi connectivity index (χ4n) is 1.88. The first kappa shape index (κ1) is 13.9. The van der Waals surface area contributed by atoms with Gasteiger partial charge in [0.05, 0.1) is 18.9 Å². The molecule has 0 unspecified atom stereocenters. The van der Waals surface area contributed by atoms with Crippen LogP contribution in [0, 0.1) is 0 Å². The summed E-state index contributed by atoms with van der Waals surface area (Å²) in [4.78, 5) is 12.1. The summed E-state index contributed by atoms with van der Waals surface area (Å²) in [6, 6.07) is 5.02. The van der Waals surface area contributed by atoms with E-state index in [1.54, 1.807) is 36.2 Å². The number of anilines is 1. The zero-order chi connectivity index (χ0) is 14.5. The minimum absolute atomic E-state index is 0.203. The number of hydrogen-bond donors (Lipinski definition) is 2. The number of rotatable bonds is 5. The number of nitrogen functional groups attached to an aromatic ring is 1. The van der Waals surface area contributed by atoms with E-state index in [1.807, 2.05) is 13.2 Å². The Hall–Kier alpha value is -2.50. The van der Waals surface area contributed by atoms with Gasteiger partial charge < -0.3 is 15.8 Å². The molecule has 0 saturated heterocycles. The highest BCUT2D eigenvalue weighted by atomic mass is 16.5. The van der Waals surface area contributed by atoms with Crippen molar-refractivity contribution in [3.8, 4) is 5.75 Å². The van der Waals surface area contributed by atoms with Gasteiger partial charge in [-0.3, -0.25) is 9.48 Å². The zero-order valence-corrected chi connectivity index (χ0v) is 11.6. The lowest BCUT2D eigenvalue weighted by Gasteiger charge is -2.08. The molecule has 1 heterocycles. The van der Waals surface area contributed by atoms with Crippen LogP contribution in [0.3, 0.4) is 0 Å². The van der Waals surface area contributed by atoms with Gasteiger partial charge in [0, 0.05) is 25.5 Å². The Morgan fingerprint density at radius 2 is 2.30 bits per heavy atom. The molecule has 2 aromatic rings. The largest absolute Gasteiger partial charge is 0.497 e. The van der Waals surface area contributed by atoms with Crippen molar-refractivity contribution in [3.63, 3.8) is 0 Å². The van der Waals surface area contributed by atoms with E-state index in [9.17, 15) is 4.79 Å². The number of nitrogens with one attached hydrogen (secondary N) is 1. The minimum Gasteiger partial charge on any atom is -0.497 e. The topological polar surface area (TPSA) is 82.2 Å². The van der Waals surface area contributed by atoms with Crippen molar-refractivity contribution in [2.75, 3.05) is 19.4 Å². The zero-order valence-electron chi connectivity index (χ0n) is 11.6. The molecule has 0 bridgehead atoms. The van der Waals surface area contributed by atoms with E-state index in [2.05, 4.69) is 10.4 Å². The number of nitrogens with two attached hydrogens (primary N) is 1. The van der Waals surface area contributed by atoms with Gasteiger partial charge in [0.25, 0.3) is 5.91 Å². The second-order valence-corrected chi connectivity index (χ2v) is 4.48. The van der Waals surface area contributed by atoms with Crippen molar-refractivity contribution in [2.45, 2.75) is 6.42 Å². The quantitative estimate of drug-likeness (QED) is 0.796. The maximum absolute atomic E-state index is 12.1. The first-order valence-electron chi connectivity index (χ1n) is 6.29. The maximum atomic E-state index is 12.1. The van der Waals surface area contributed by atoms with Gasteiger partial charge in [-0.1, -0.05) is 0 Å². The van der Waals surface area contributed by atoms with Crippen LogP contribution in [0.5, 0.6) is 5.75 Å². The molecular weight excluding hydrogens is 256 g/mol. The number of ether oxygens (including phenoxy) is 1. The summed E-state index contributed by atoms with van der Waals surface area (Å²) in [7, 11) is 3.41. The van der Waals surface area contributed by atoms with E-state index in [0.29, 0.717) is 23.5 Å². The Labute approximate surface area is 117 Å². The molecule has 0 radical (unpaired) electrons. The Morgan fingerprint density at radius 1 is 1.50 bits per heavy atom. The van der Waals surface area contributed by atoms with Gasteiger partial charge in [-0.15, -0.1) is 0 Å². The molecule has 0 atom stereocenters. The molecule has 0 aliphatic carbocycles. The Bertz CT molecular complexity index is 607. The van der Waals surface area contributed by atoms with Crippen molar-refractivity contribution >= 4 is 11.6 Å². The lowest BCUT2D eigenvalue weighted by atomic mass is 10.1. The third-order valence-electron chi connectivity index (χ3n) is 2.96. The molecule has 106 valence electrons. The molecule has 1 aromatic heterocycles. The monoisotopic (exact) mass is 274 g/mol. The van der Waals surface area contributed by atoms with E-state index in [0.717, 1.165) is 12.0 Å². The van der Waals surface area contributed by atoms with Gasteiger partial charge in [-0.2, -0.15) is 5.10 Å².